The Morgan fingerprint density at radius 3 is 2.20 bits per heavy atom. The van der Waals surface area contributed by atoms with Gasteiger partial charge < -0.3 is 5.11 Å². The molecule has 0 spiro atoms. The van der Waals surface area contributed by atoms with Crippen molar-refractivity contribution >= 4 is 27.6 Å². The summed E-state index contributed by atoms with van der Waals surface area (Å²) in [5.41, 5.74) is 0.927. The van der Waals surface area contributed by atoms with Gasteiger partial charge in [-0.25, -0.2) is 19.7 Å². The van der Waals surface area contributed by atoms with Crippen molar-refractivity contribution in [2.24, 2.45) is 0 Å². The summed E-state index contributed by atoms with van der Waals surface area (Å²) in [7, 11) is 2.79. The molecule has 0 radical (unpaired) electrons. The molecule has 0 atom stereocenters. The second kappa shape index (κ2) is 7.25. The molecule has 0 unspecified atom stereocenters. The Morgan fingerprint density at radius 1 is 1.10 bits per heavy atom. The van der Waals surface area contributed by atoms with E-state index < -0.39 is 5.97 Å². The largest absolute Gasteiger partial charge is 0.478 e. The van der Waals surface area contributed by atoms with Crippen molar-refractivity contribution in [1.82, 2.24) is 9.97 Å². The molecule has 8 heteroatoms. The predicted molar refractivity (Wildman–Crippen MR) is 74.6 cm³/mol. The quantitative estimate of drug-likeness (QED) is 0.478. The lowest BCUT2D eigenvalue weighted by molar-refractivity contribution is -0.253. The summed E-state index contributed by atoms with van der Waals surface area (Å²) in [6.07, 6.45) is 2.93. The number of carboxylic acid groups (broad SMARTS) is 1. The third kappa shape index (κ3) is 4.20. The third-order valence-electron chi connectivity index (χ3n) is 2.22. The smallest absolute Gasteiger partial charge is 0.337 e. The number of carboxylic acids is 1. The van der Waals surface area contributed by atoms with Crippen molar-refractivity contribution in [1.29, 1.82) is 0 Å². The Morgan fingerprint density at radius 2 is 1.75 bits per heavy atom. The lowest BCUT2D eigenvalue weighted by Gasteiger charge is -2.02. The van der Waals surface area contributed by atoms with Gasteiger partial charge in [0.15, 0.2) is 0 Å². The minimum atomic E-state index is -0.995. The van der Waals surface area contributed by atoms with Gasteiger partial charge in [0, 0.05) is 12.4 Å². The van der Waals surface area contributed by atoms with Crippen LogP contribution in [0.25, 0.3) is 0 Å². The second-order valence-corrected chi connectivity index (χ2v) is 5.80. The van der Waals surface area contributed by atoms with E-state index in [2.05, 4.69) is 14.9 Å². The van der Waals surface area contributed by atoms with Crippen molar-refractivity contribution in [3.05, 3.63) is 47.8 Å². The lowest BCUT2D eigenvalue weighted by Crippen LogP contribution is -1.96. The van der Waals surface area contributed by atoms with Gasteiger partial charge in [-0.3, -0.25) is 5.26 Å². The number of nitrogens with zero attached hydrogens (tertiary/aromatic N) is 2. The van der Waals surface area contributed by atoms with Gasteiger partial charge in [-0.1, -0.05) is 6.07 Å². The normalized spacial score (nSPS) is 10.4. The average Bonchev–Trinajstić information content (AvgIpc) is 2.47. The molecule has 20 heavy (non-hydrogen) atoms. The Hall–Kier alpha value is -1.61. The first-order valence-electron chi connectivity index (χ1n) is 5.44. The Bertz CT molecular complexity index is 575. The first-order valence-corrected chi connectivity index (χ1v) is 7.59. The maximum absolute atomic E-state index is 10.7. The zero-order chi connectivity index (χ0) is 14.4. The van der Waals surface area contributed by atoms with E-state index in [0.29, 0.717) is 5.03 Å². The molecule has 6 nitrogen and oxygen atoms in total. The molecule has 0 saturated heterocycles. The van der Waals surface area contributed by atoms with Crippen LogP contribution in [0.15, 0.2) is 46.7 Å². The molecule has 2 N–H and O–H groups in total. The zero-order valence-corrected chi connectivity index (χ0v) is 11.7. The highest BCUT2D eigenvalue weighted by Crippen LogP contribution is 2.34. The molecule has 0 aliphatic carbocycles. The van der Waals surface area contributed by atoms with Crippen LogP contribution in [0.4, 0.5) is 0 Å². The molecule has 0 bridgehead atoms. The van der Waals surface area contributed by atoms with Crippen LogP contribution in [-0.4, -0.2) is 26.3 Å². The molecule has 2 heterocycles. The lowest BCUT2D eigenvalue weighted by atomic mass is 10.3. The van der Waals surface area contributed by atoms with E-state index in [1.807, 2.05) is 0 Å². The SMILES string of the molecule is O=C(O)c1ccc(SSc2ccc(COO)cn2)nc1. The fourth-order valence-corrected chi connectivity index (χ4v) is 2.97. The summed E-state index contributed by atoms with van der Waals surface area (Å²) in [4.78, 5) is 22.9. The summed E-state index contributed by atoms with van der Waals surface area (Å²) in [5, 5.41) is 18.6. The van der Waals surface area contributed by atoms with Crippen molar-refractivity contribution in [2.75, 3.05) is 0 Å². The van der Waals surface area contributed by atoms with Crippen molar-refractivity contribution in [3.8, 4) is 0 Å². The van der Waals surface area contributed by atoms with Gasteiger partial charge in [-0.05, 0) is 45.4 Å². The van der Waals surface area contributed by atoms with E-state index in [1.165, 1.54) is 33.9 Å². The van der Waals surface area contributed by atoms with Gasteiger partial charge in [-0.2, -0.15) is 0 Å². The van der Waals surface area contributed by atoms with Gasteiger partial charge >= 0.3 is 5.97 Å². The molecule has 2 rings (SSSR count). The van der Waals surface area contributed by atoms with Gasteiger partial charge in [0.1, 0.15) is 16.7 Å². The fourth-order valence-electron chi connectivity index (χ4n) is 1.26. The Balaban J connectivity index is 1.92. The molecule has 2 aromatic heterocycles. The van der Waals surface area contributed by atoms with E-state index in [0.717, 1.165) is 10.6 Å². The second-order valence-electron chi connectivity index (χ2n) is 3.64. The molecule has 0 aliphatic rings. The number of hydrogen-bond donors (Lipinski definition) is 2. The van der Waals surface area contributed by atoms with Crippen LogP contribution in [0.2, 0.25) is 0 Å². The van der Waals surface area contributed by atoms with Crippen molar-refractivity contribution < 1.29 is 20.0 Å². The summed E-state index contributed by atoms with van der Waals surface area (Å²) < 4.78 is 0. The standard InChI is InChI=1S/C12H10N2O4S2/c15-12(16)9-2-4-11(14-6-9)20-19-10-3-1-8(5-13-10)7-18-17/h1-6,17H,7H2,(H,15,16). The first kappa shape index (κ1) is 14.8. The Kier molecular flexibility index (Phi) is 5.36. The molecule has 104 valence electrons. The number of aromatic carboxylic acids is 1. The highest BCUT2D eigenvalue weighted by Gasteiger charge is 2.05. The molecule has 0 aromatic carbocycles. The van der Waals surface area contributed by atoms with E-state index in [9.17, 15) is 4.79 Å². The Labute approximate surface area is 122 Å². The summed E-state index contributed by atoms with van der Waals surface area (Å²) in [5.74, 6) is -0.995. The van der Waals surface area contributed by atoms with Crippen LogP contribution in [0.5, 0.6) is 0 Å². The molecule has 0 fully saturated rings. The maximum Gasteiger partial charge on any atom is 0.337 e. The number of rotatable bonds is 6. The number of pyridine rings is 2. The van der Waals surface area contributed by atoms with Crippen molar-refractivity contribution in [2.45, 2.75) is 16.7 Å². The van der Waals surface area contributed by atoms with Crippen LogP contribution in [-0.2, 0) is 11.5 Å². The van der Waals surface area contributed by atoms with E-state index in [4.69, 9.17) is 10.4 Å². The van der Waals surface area contributed by atoms with Crippen molar-refractivity contribution in [3.63, 3.8) is 0 Å². The molecule has 2 aromatic rings. The fraction of sp³-hybridized carbons (Fsp3) is 0.0833. The minimum absolute atomic E-state index is 0.100. The molecule has 0 amide bonds. The van der Waals surface area contributed by atoms with E-state index in [1.54, 1.807) is 24.4 Å². The molecular weight excluding hydrogens is 300 g/mol. The van der Waals surface area contributed by atoms with Gasteiger partial charge in [0.05, 0.1) is 5.56 Å². The summed E-state index contributed by atoms with van der Waals surface area (Å²) in [6.45, 7) is 0.100. The molecule has 0 saturated carbocycles. The number of carbonyl (C=O) groups is 1. The summed E-state index contributed by atoms with van der Waals surface area (Å²) in [6, 6.07) is 6.76. The van der Waals surface area contributed by atoms with Crippen LogP contribution < -0.4 is 0 Å². The van der Waals surface area contributed by atoms with Crippen LogP contribution >= 0.6 is 21.6 Å². The number of aromatic nitrogens is 2. The van der Waals surface area contributed by atoms with Crippen LogP contribution in [0.1, 0.15) is 15.9 Å². The number of hydrogen-bond acceptors (Lipinski definition) is 7. The van der Waals surface area contributed by atoms with Gasteiger partial charge in [-0.15, -0.1) is 0 Å². The first-order chi connectivity index (χ1) is 9.69. The predicted octanol–water partition coefficient (Wildman–Crippen LogP) is 2.96. The average molecular weight is 310 g/mol. The van der Waals surface area contributed by atoms with Gasteiger partial charge in [0.25, 0.3) is 0 Å². The van der Waals surface area contributed by atoms with E-state index >= 15 is 0 Å². The van der Waals surface area contributed by atoms with Crippen LogP contribution in [0, 0.1) is 0 Å². The third-order valence-corrected chi connectivity index (χ3v) is 4.41. The monoisotopic (exact) mass is 310 g/mol. The maximum atomic E-state index is 10.7. The molecular formula is C12H10N2O4S2. The van der Waals surface area contributed by atoms with Gasteiger partial charge in [0.2, 0.25) is 0 Å². The highest BCUT2D eigenvalue weighted by molar-refractivity contribution is 8.76. The highest BCUT2D eigenvalue weighted by atomic mass is 33.1. The minimum Gasteiger partial charge on any atom is -0.478 e. The molecule has 0 aliphatic heterocycles. The zero-order valence-electron chi connectivity index (χ0n) is 10.1. The summed E-state index contributed by atoms with van der Waals surface area (Å²) >= 11 is 0. The topological polar surface area (TPSA) is 92.5 Å². The van der Waals surface area contributed by atoms with Crippen LogP contribution in [0.3, 0.4) is 0 Å². The van der Waals surface area contributed by atoms with E-state index in [-0.39, 0.29) is 12.2 Å².